The van der Waals surface area contributed by atoms with Gasteiger partial charge in [-0.3, -0.25) is 4.98 Å². The van der Waals surface area contributed by atoms with Gasteiger partial charge in [-0.25, -0.2) is 4.39 Å². The van der Waals surface area contributed by atoms with Crippen LogP contribution in [0.3, 0.4) is 0 Å². The number of aromatic nitrogens is 1. The van der Waals surface area contributed by atoms with Gasteiger partial charge in [-0.15, -0.1) is 0 Å². The first kappa shape index (κ1) is 10.3. The molecule has 0 aliphatic rings. The van der Waals surface area contributed by atoms with Gasteiger partial charge in [0.2, 0.25) is 0 Å². The molecule has 3 heteroatoms. The van der Waals surface area contributed by atoms with E-state index in [4.69, 9.17) is 0 Å². The van der Waals surface area contributed by atoms with Crippen molar-refractivity contribution in [2.45, 2.75) is 6.92 Å². The molecule has 0 aliphatic carbocycles. The van der Waals surface area contributed by atoms with Crippen molar-refractivity contribution < 1.29 is 4.39 Å². The number of hydrogen-bond donors (Lipinski definition) is 0. The average molecular weight is 266 g/mol. The van der Waals surface area contributed by atoms with E-state index in [1.807, 2.05) is 12.1 Å². The zero-order valence-corrected chi connectivity index (χ0v) is 9.75. The molecular weight excluding hydrogens is 257 g/mol. The minimum absolute atomic E-state index is 0.189. The Hall–Kier alpha value is -1.22. The number of pyridine rings is 1. The minimum atomic E-state index is -0.189. The molecule has 1 aromatic heterocycles. The number of hydrogen-bond acceptors (Lipinski definition) is 1. The number of nitrogens with zero attached hydrogens (tertiary/aromatic N) is 1. The molecule has 0 aliphatic heterocycles. The third-order valence-corrected chi connectivity index (χ3v) is 2.83. The Morgan fingerprint density at radius 3 is 2.73 bits per heavy atom. The molecule has 0 N–H and O–H groups in total. The molecule has 1 heterocycles. The maximum atomic E-state index is 13.1. The fraction of sp³-hybridized carbons (Fsp3) is 0.0833. The Balaban J connectivity index is 2.55. The molecule has 0 saturated carbocycles. The maximum Gasteiger partial charge on any atom is 0.126 e. The summed E-state index contributed by atoms with van der Waals surface area (Å²) >= 11 is 3.42. The first-order chi connectivity index (χ1) is 7.18. The van der Waals surface area contributed by atoms with E-state index in [1.165, 1.54) is 6.07 Å². The first-order valence-corrected chi connectivity index (χ1v) is 5.35. The second-order valence-electron chi connectivity index (χ2n) is 3.30. The third kappa shape index (κ3) is 2.07. The van der Waals surface area contributed by atoms with Crippen LogP contribution < -0.4 is 0 Å². The predicted molar refractivity (Wildman–Crippen MR) is 62.1 cm³/mol. The summed E-state index contributed by atoms with van der Waals surface area (Å²) in [5.74, 6) is -0.189. The van der Waals surface area contributed by atoms with Crippen LogP contribution in [0.25, 0.3) is 11.3 Å². The Bertz CT molecular complexity index is 497. The molecule has 1 aromatic carbocycles. The number of benzene rings is 1. The van der Waals surface area contributed by atoms with Crippen LogP contribution in [-0.2, 0) is 0 Å². The standard InChI is InChI=1S/C12H9BrFN/c1-8-7-9(4-5-11(8)14)12-10(13)3-2-6-15-12/h2-7H,1H3. The van der Waals surface area contributed by atoms with E-state index in [2.05, 4.69) is 20.9 Å². The molecule has 0 radical (unpaired) electrons. The van der Waals surface area contributed by atoms with E-state index in [-0.39, 0.29) is 5.82 Å². The maximum absolute atomic E-state index is 13.1. The fourth-order valence-corrected chi connectivity index (χ4v) is 1.87. The summed E-state index contributed by atoms with van der Waals surface area (Å²) in [6.07, 6.45) is 1.72. The van der Waals surface area contributed by atoms with Gasteiger partial charge in [0.15, 0.2) is 0 Å². The summed E-state index contributed by atoms with van der Waals surface area (Å²) in [5.41, 5.74) is 2.38. The highest BCUT2D eigenvalue weighted by Gasteiger charge is 2.05. The normalized spacial score (nSPS) is 10.3. The topological polar surface area (TPSA) is 12.9 Å². The zero-order chi connectivity index (χ0) is 10.8. The lowest BCUT2D eigenvalue weighted by atomic mass is 10.1. The molecule has 0 fully saturated rings. The monoisotopic (exact) mass is 265 g/mol. The second kappa shape index (κ2) is 4.11. The van der Waals surface area contributed by atoms with Gasteiger partial charge in [-0.2, -0.15) is 0 Å². The van der Waals surface area contributed by atoms with Crippen molar-refractivity contribution in [1.29, 1.82) is 0 Å². The number of halogens is 2. The molecule has 1 nitrogen and oxygen atoms in total. The van der Waals surface area contributed by atoms with Crippen molar-refractivity contribution in [3.63, 3.8) is 0 Å². The van der Waals surface area contributed by atoms with Crippen LogP contribution in [0.15, 0.2) is 41.0 Å². The Morgan fingerprint density at radius 1 is 1.27 bits per heavy atom. The van der Waals surface area contributed by atoms with Crippen LogP contribution in [0.5, 0.6) is 0 Å². The van der Waals surface area contributed by atoms with Crippen molar-refractivity contribution in [3.8, 4) is 11.3 Å². The van der Waals surface area contributed by atoms with E-state index in [0.717, 1.165) is 15.7 Å². The molecule has 0 atom stereocenters. The van der Waals surface area contributed by atoms with Gasteiger partial charge in [0, 0.05) is 16.2 Å². The van der Waals surface area contributed by atoms with Crippen LogP contribution in [0.4, 0.5) is 4.39 Å². The van der Waals surface area contributed by atoms with Gasteiger partial charge in [-0.1, -0.05) is 0 Å². The molecule has 0 spiro atoms. The van der Waals surface area contributed by atoms with E-state index >= 15 is 0 Å². The highest BCUT2D eigenvalue weighted by Crippen LogP contribution is 2.26. The Kier molecular flexibility index (Phi) is 2.82. The molecule has 0 saturated heterocycles. The van der Waals surface area contributed by atoms with Crippen LogP contribution in [0.2, 0.25) is 0 Å². The average Bonchev–Trinajstić information content (AvgIpc) is 2.23. The van der Waals surface area contributed by atoms with Crippen molar-refractivity contribution in [2.75, 3.05) is 0 Å². The number of aryl methyl sites for hydroxylation is 1. The summed E-state index contributed by atoms with van der Waals surface area (Å²) in [6, 6.07) is 8.76. The summed E-state index contributed by atoms with van der Waals surface area (Å²) in [7, 11) is 0. The first-order valence-electron chi connectivity index (χ1n) is 4.55. The van der Waals surface area contributed by atoms with Gasteiger partial charge in [0.25, 0.3) is 0 Å². The van der Waals surface area contributed by atoms with Crippen LogP contribution >= 0.6 is 15.9 Å². The minimum Gasteiger partial charge on any atom is -0.255 e. The SMILES string of the molecule is Cc1cc(-c2ncccc2Br)ccc1F. The van der Waals surface area contributed by atoms with Gasteiger partial charge in [0.05, 0.1) is 5.69 Å². The fourth-order valence-electron chi connectivity index (χ4n) is 1.39. The van der Waals surface area contributed by atoms with Crippen LogP contribution in [0, 0.1) is 12.7 Å². The van der Waals surface area contributed by atoms with Crippen molar-refractivity contribution in [2.24, 2.45) is 0 Å². The third-order valence-electron chi connectivity index (χ3n) is 2.19. The molecule has 76 valence electrons. The van der Waals surface area contributed by atoms with Gasteiger partial charge < -0.3 is 0 Å². The van der Waals surface area contributed by atoms with Crippen LogP contribution in [0.1, 0.15) is 5.56 Å². The Morgan fingerprint density at radius 2 is 2.07 bits per heavy atom. The highest BCUT2D eigenvalue weighted by atomic mass is 79.9. The summed E-state index contributed by atoms with van der Waals surface area (Å²) in [6.45, 7) is 1.75. The van der Waals surface area contributed by atoms with Gasteiger partial charge in [-0.05, 0) is 58.7 Å². The molecule has 2 rings (SSSR count). The molecule has 0 unspecified atom stereocenters. The van der Waals surface area contributed by atoms with Crippen LogP contribution in [-0.4, -0.2) is 4.98 Å². The largest absolute Gasteiger partial charge is 0.255 e. The second-order valence-corrected chi connectivity index (χ2v) is 4.15. The van der Waals surface area contributed by atoms with Crippen molar-refractivity contribution in [1.82, 2.24) is 4.98 Å². The molecule has 15 heavy (non-hydrogen) atoms. The zero-order valence-electron chi connectivity index (χ0n) is 8.17. The smallest absolute Gasteiger partial charge is 0.126 e. The lowest BCUT2D eigenvalue weighted by Crippen LogP contribution is -1.87. The van der Waals surface area contributed by atoms with Gasteiger partial charge in [0.1, 0.15) is 5.82 Å². The van der Waals surface area contributed by atoms with Gasteiger partial charge >= 0.3 is 0 Å². The summed E-state index contributed by atoms with van der Waals surface area (Å²) in [5, 5.41) is 0. The lowest BCUT2D eigenvalue weighted by molar-refractivity contribution is 0.619. The van der Waals surface area contributed by atoms with E-state index < -0.39 is 0 Å². The van der Waals surface area contributed by atoms with E-state index in [0.29, 0.717) is 5.56 Å². The molecule has 0 amide bonds. The summed E-state index contributed by atoms with van der Waals surface area (Å²) < 4.78 is 14.0. The van der Waals surface area contributed by atoms with Crippen molar-refractivity contribution >= 4 is 15.9 Å². The Labute approximate surface area is 96.1 Å². The lowest BCUT2D eigenvalue weighted by Gasteiger charge is -2.04. The number of rotatable bonds is 1. The van der Waals surface area contributed by atoms with E-state index in [9.17, 15) is 4.39 Å². The molecular formula is C12H9BrFN. The quantitative estimate of drug-likeness (QED) is 0.761. The highest BCUT2D eigenvalue weighted by molar-refractivity contribution is 9.10. The molecule has 2 aromatic rings. The predicted octanol–water partition coefficient (Wildman–Crippen LogP) is 3.96. The van der Waals surface area contributed by atoms with Crippen molar-refractivity contribution in [3.05, 3.63) is 52.4 Å². The molecule has 0 bridgehead atoms. The summed E-state index contributed by atoms with van der Waals surface area (Å²) in [4.78, 5) is 4.25. The van der Waals surface area contributed by atoms with E-state index in [1.54, 1.807) is 25.3 Å².